The number of nitriles is 2. The molecule has 4 aromatic heterocycles. The Bertz CT molecular complexity index is 3060. The van der Waals surface area contributed by atoms with E-state index >= 15 is 0 Å². The molecule has 0 spiro atoms. The van der Waals surface area contributed by atoms with Gasteiger partial charge in [0.2, 0.25) is 18.1 Å². The van der Waals surface area contributed by atoms with Crippen LogP contribution in [0.25, 0.3) is 0 Å². The number of hydrogen-bond donors (Lipinski definition) is 2. The van der Waals surface area contributed by atoms with Crippen molar-refractivity contribution in [2.24, 2.45) is 0 Å². The maximum Gasteiger partial charge on any atom is 0.328 e. The number of pyridine rings is 4. The summed E-state index contributed by atoms with van der Waals surface area (Å²) in [5.74, 6) is 1.97. The normalized spacial score (nSPS) is 18.5. The van der Waals surface area contributed by atoms with Gasteiger partial charge in [-0.1, -0.05) is 0 Å². The molecule has 10 rings (SSSR count). The number of piperazine rings is 2. The molecule has 23 nitrogen and oxygen atoms in total. The van der Waals surface area contributed by atoms with E-state index in [1.165, 1.54) is 17.3 Å². The average molecular weight is 1150 g/mol. The molecule has 436 valence electrons. The molecule has 2 N–H and O–H groups in total. The second kappa shape index (κ2) is 28.7. The number of halogens is 1. The van der Waals surface area contributed by atoms with Crippen LogP contribution in [0.2, 0.25) is 0 Å². The number of aryl methyl sites for hydroxylation is 4. The fourth-order valence-electron chi connectivity index (χ4n) is 11.9. The molecule has 0 bridgehead atoms. The number of amides is 6. The third-order valence-electron chi connectivity index (χ3n) is 16.0. The number of methoxy groups -OCH3 is 4. The molecule has 0 aliphatic carbocycles. The number of aldehydes is 1. The number of ether oxygens (including phenoxy) is 4. The molecule has 4 aromatic rings. The van der Waals surface area contributed by atoms with Gasteiger partial charge < -0.3 is 28.7 Å². The van der Waals surface area contributed by atoms with Crippen LogP contribution in [0.5, 0.6) is 0 Å². The smallest absolute Gasteiger partial charge is 0.328 e. The van der Waals surface area contributed by atoms with Gasteiger partial charge in [0.25, 0.3) is 0 Å². The summed E-state index contributed by atoms with van der Waals surface area (Å²) >= 11 is 0. The monoisotopic (exact) mass is 1140 g/mol. The lowest BCUT2D eigenvalue weighted by atomic mass is 10.0. The van der Waals surface area contributed by atoms with Gasteiger partial charge in [-0.3, -0.25) is 44.6 Å². The van der Waals surface area contributed by atoms with Crippen LogP contribution in [0.4, 0.5) is 32.9 Å². The number of nitrogens with one attached hydrogen (secondary N) is 2. The third kappa shape index (κ3) is 13.8. The van der Waals surface area contributed by atoms with E-state index in [0.29, 0.717) is 117 Å². The maximum absolute atomic E-state index is 13.6. The van der Waals surface area contributed by atoms with Crippen molar-refractivity contribution in [3.8, 4) is 12.1 Å². The van der Waals surface area contributed by atoms with E-state index in [4.69, 9.17) is 23.9 Å². The minimum Gasteiger partial charge on any atom is -0.385 e. The number of hydrogen-bond acceptors (Lipinski definition) is 17. The third-order valence-corrected chi connectivity index (χ3v) is 16.0. The van der Waals surface area contributed by atoms with Crippen LogP contribution in [0.1, 0.15) is 118 Å². The minimum absolute atomic E-state index is 0. The summed E-state index contributed by atoms with van der Waals surface area (Å²) in [4.78, 5) is 94.7. The van der Waals surface area contributed by atoms with Crippen molar-refractivity contribution in [3.05, 3.63) is 92.6 Å². The van der Waals surface area contributed by atoms with Crippen molar-refractivity contribution in [3.63, 3.8) is 0 Å². The highest BCUT2D eigenvalue weighted by molar-refractivity contribution is 6.02. The van der Waals surface area contributed by atoms with Gasteiger partial charge >= 0.3 is 12.1 Å². The Morgan fingerprint density at radius 3 is 1.59 bits per heavy atom. The first-order chi connectivity index (χ1) is 39.5. The second-order valence-electron chi connectivity index (χ2n) is 21.1. The fourth-order valence-corrected chi connectivity index (χ4v) is 11.9. The highest BCUT2D eigenvalue weighted by atomic mass is 35.5. The molecule has 0 saturated carbocycles. The highest BCUT2D eigenvalue weighted by Crippen LogP contribution is 2.35. The van der Waals surface area contributed by atoms with E-state index in [-0.39, 0.29) is 48.0 Å². The van der Waals surface area contributed by atoms with Gasteiger partial charge in [-0.2, -0.15) is 10.5 Å². The van der Waals surface area contributed by atoms with Crippen molar-refractivity contribution >= 4 is 65.8 Å². The lowest BCUT2D eigenvalue weighted by Crippen LogP contribution is -2.53. The Morgan fingerprint density at radius 2 is 1.12 bits per heavy atom. The van der Waals surface area contributed by atoms with Crippen LogP contribution in [0.15, 0.2) is 36.7 Å². The lowest BCUT2D eigenvalue weighted by Gasteiger charge is -2.37. The van der Waals surface area contributed by atoms with Gasteiger partial charge in [0.15, 0.2) is 6.29 Å². The molecule has 2 unspecified atom stereocenters. The molecular formula is C58H73ClN14O9. The van der Waals surface area contributed by atoms with E-state index in [0.717, 1.165) is 118 Å². The minimum atomic E-state index is -0.755. The zero-order valence-corrected chi connectivity index (χ0v) is 48.0. The van der Waals surface area contributed by atoms with Crippen LogP contribution in [0, 0.1) is 22.7 Å². The van der Waals surface area contributed by atoms with E-state index in [2.05, 4.69) is 47.5 Å². The van der Waals surface area contributed by atoms with Crippen molar-refractivity contribution in [2.45, 2.75) is 109 Å². The Balaban J connectivity index is 0.000000213. The molecule has 6 aliphatic heterocycles. The molecule has 10 heterocycles. The Hall–Kier alpha value is -7.22. The SMILES string of the molecule is COCCCc1cc(NC(=O)N2CCCc3cc(CN4CCN5CCCC5C4=O)c(C(OC)OC)nc32)ncc1C#N.COCCCc1cc(NC(=O)N2CCCc3cc(CN4CCN5CCCC5C4=O)c(C=O)nc32)ncc1C#N.Cl. The molecule has 0 radical (unpaired) electrons. The molecule has 6 amide bonds. The molecule has 4 saturated heterocycles. The van der Waals surface area contributed by atoms with Gasteiger partial charge in [-0.05, 0) is 142 Å². The summed E-state index contributed by atoms with van der Waals surface area (Å²) < 4.78 is 21.5. The zero-order valence-electron chi connectivity index (χ0n) is 47.2. The lowest BCUT2D eigenvalue weighted by molar-refractivity contribution is -0.141. The standard InChI is InChI=1S/C30H39N7O5.C28H33N7O4.ClH/c1-40-14-6-8-20-16-25(32-18-23(20)17-31)33-30(39)37-11-4-7-21-15-22(26(34-27(21)37)29(41-2)42-3)19-36-13-12-35-10-5-9-24(35)28(36)38;1-39-12-4-6-19-14-25(30-16-22(19)15-29)32-28(38)35-9-2-5-20-13-21(23(18-36)31-26(20)35)17-34-11-10-33-8-3-7-24(33)27(34)37;/h15-16,18,24,29H,4-14,19H2,1-3H3,(H,32,33,39);13-14,16,18,24H,2-12,17H2,1H3,(H,30,32,38);1H. The average Bonchev–Trinajstić information content (AvgIpc) is 4.05. The van der Waals surface area contributed by atoms with Gasteiger partial charge in [-0.25, -0.2) is 29.5 Å². The van der Waals surface area contributed by atoms with E-state index in [9.17, 15) is 34.5 Å². The Labute approximate surface area is 484 Å². The van der Waals surface area contributed by atoms with E-state index in [1.807, 2.05) is 21.9 Å². The van der Waals surface area contributed by atoms with Crippen LogP contribution in [-0.2, 0) is 67.3 Å². The maximum atomic E-state index is 13.6. The molecule has 82 heavy (non-hydrogen) atoms. The van der Waals surface area contributed by atoms with Crippen molar-refractivity contribution in [1.29, 1.82) is 10.5 Å². The van der Waals surface area contributed by atoms with Gasteiger partial charge in [-0.15, -0.1) is 12.4 Å². The zero-order chi connectivity index (χ0) is 57.0. The summed E-state index contributed by atoms with van der Waals surface area (Å²) in [6, 6.07) is 10.9. The first kappa shape index (κ1) is 60.9. The quantitative estimate of drug-likeness (QED) is 0.0661. The first-order valence-corrected chi connectivity index (χ1v) is 28.0. The molecule has 24 heteroatoms. The number of anilines is 4. The Morgan fingerprint density at radius 1 is 0.646 bits per heavy atom. The summed E-state index contributed by atoms with van der Waals surface area (Å²) in [6.07, 6.45) is 12.5. The first-order valence-electron chi connectivity index (χ1n) is 28.0. The predicted octanol–water partition coefficient (Wildman–Crippen LogP) is 5.96. The van der Waals surface area contributed by atoms with Gasteiger partial charge in [0, 0.05) is 112 Å². The van der Waals surface area contributed by atoms with E-state index in [1.54, 1.807) is 45.5 Å². The topological polar surface area (TPSA) is 265 Å². The van der Waals surface area contributed by atoms with Crippen molar-refractivity contribution in [1.82, 2.24) is 39.5 Å². The fraction of sp³-hybridized carbons (Fsp3) is 0.534. The van der Waals surface area contributed by atoms with Crippen molar-refractivity contribution in [2.75, 3.05) is 114 Å². The predicted molar refractivity (Wildman–Crippen MR) is 306 cm³/mol. The number of fused-ring (bicyclic) bond motifs is 4. The van der Waals surface area contributed by atoms with Crippen molar-refractivity contribution < 1.29 is 42.9 Å². The summed E-state index contributed by atoms with van der Waals surface area (Å²) in [5, 5.41) is 24.6. The highest BCUT2D eigenvalue weighted by Gasteiger charge is 2.40. The number of urea groups is 2. The van der Waals surface area contributed by atoms with Gasteiger partial charge in [0.05, 0.1) is 23.2 Å². The molecule has 6 aliphatic rings. The summed E-state index contributed by atoms with van der Waals surface area (Å²) in [5.41, 5.74) is 6.70. The number of aromatic nitrogens is 4. The van der Waals surface area contributed by atoms with Crippen LogP contribution in [0.3, 0.4) is 0 Å². The van der Waals surface area contributed by atoms with E-state index < -0.39 is 12.3 Å². The van der Waals surface area contributed by atoms with Crippen LogP contribution >= 0.6 is 12.4 Å². The molecule has 4 fully saturated rings. The largest absolute Gasteiger partial charge is 0.385 e. The number of carbonyl (C=O) groups excluding carboxylic acids is 5. The Kier molecular flexibility index (Phi) is 21.3. The van der Waals surface area contributed by atoms with Crippen LogP contribution in [-0.4, -0.2) is 176 Å². The van der Waals surface area contributed by atoms with Crippen LogP contribution < -0.4 is 20.4 Å². The molecular weight excluding hydrogens is 1070 g/mol. The molecule has 2 atom stereocenters. The second-order valence-corrected chi connectivity index (χ2v) is 21.1. The number of rotatable bonds is 18. The van der Waals surface area contributed by atoms with Gasteiger partial charge in [0.1, 0.15) is 46.8 Å². The summed E-state index contributed by atoms with van der Waals surface area (Å²) in [6.45, 7) is 7.77. The number of nitrogens with zero attached hydrogens (tertiary/aromatic N) is 12. The number of carbonyl (C=O) groups is 5. The molecule has 0 aromatic carbocycles. The summed E-state index contributed by atoms with van der Waals surface area (Å²) in [7, 11) is 6.36.